The van der Waals surface area contributed by atoms with Gasteiger partial charge in [0, 0.05) is 0 Å². The molecule has 0 N–H and O–H groups in total. The SMILES string of the molecule is CC1C=C(c2ccccc2)C=[C]1[Zr](=[CH]Cc1ccccc1)[CH]1c2ccc(C(C)(C)C)cc2-c2cc(C(C)(C)C)ccc21. The monoisotopic (exact) mass is 626 g/mol. The number of hydrogen-bond donors (Lipinski definition) is 0. The Bertz CT molecular complexity index is 1640. The second kappa shape index (κ2) is 11.3. The quantitative estimate of drug-likeness (QED) is 0.206. The van der Waals surface area contributed by atoms with Gasteiger partial charge in [0.25, 0.3) is 0 Å². The zero-order chi connectivity index (χ0) is 29.6. The molecule has 2 aliphatic rings. The van der Waals surface area contributed by atoms with Gasteiger partial charge < -0.3 is 0 Å². The van der Waals surface area contributed by atoms with Gasteiger partial charge in [0.15, 0.2) is 0 Å². The van der Waals surface area contributed by atoms with Crippen LogP contribution in [-0.2, 0) is 38.5 Å². The average molecular weight is 628 g/mol. The molecule has 4 aromatic carbocycles. The van der Waals surface area contributed by atoms with Crippen LogP contribution in [-0.4, -0.2) is 3.71 Å². The van der Waals surface area contributed by atoms with E-state index in [4.69, 9.17) is 0 Å². The van der Waals surface area contributed by atoms with Crippen LogP contribution in [0.15, 0.2) is 112 Å². The number of rotatable bonds is 5. The van der Waals surface area contributed by atoms with E-state index in [9.17, 15) is 0 Å². The second-order valence-electron chi connectivity index (χ2n) is 14.3. The van der Waals surface area contributed by atoms with E-state index in [0.29, 0.717) is 9.54 Å². The van der Waals surface area contributed by atoms with Crippen LogP contribution in [0.2, 0.25) is 0 Å². The summed E-state index contributed by atoms with van der Waals surface area (Å²) in [7, 11) is 0. The summed E-state index contributed by atoms with van der Waals surface area (Å²) in [4.78, 5) is 0. The molecule has 1 atom stereocenters. The minimum atomic E-state index is -2.43. The molecular formula is C41H44Zr. The molecule has 2 aliphatic carbocycles. The molecule has 0 nitrogen and oxygen atoms in total. The van der Waals surface area contributed by atoms with Crippen molar-refractivity contribution < 1.29 is 21.3 Å². The molecule has 0 aliphatic heterocycles. The van der Waals surface area contributed by atoms with E-state index in [-0.39, 0.29) is 10.8 Å². The molecule has 0 fully saturated rings. The van der Waals surface area contributed by atoms with Crippen molar-refractivity contribution in [2.24, 2.45) is 5.92 Å². The Kier molecular flexibility index (Phi) is 7.87. The van der Waals surface area contributed by atoms with E-state index in [0.717, 1.165) is 6.42 Å². The molecule has 0 heterocycles. The molecular weight excluding hydrogens is 584 g/mol. The Morgan fingerprint density at radius 1 is 0.667 bits per heavy atom. The van der Waals surface area contributed by atoms with Gasteiger partial charge in [-0.05, 0) is 0 Å². The van der Waals surface area contributed by atoms with E-state index in [1.165, 1.54) is 39.0 Å². The van der Waals surface area contributed by atoms with Crippen molar-refractivity contribution in [3.8, 4) is 11.1 Å². The normalized spacial score (nSPS) is 17.1. The number of fused-ring (bicyclic) bond motifs is 3. The molecule has 0 aromatic heterocycles. The standard InChI is InChI=1S/C21H25.C12H11.C8H8.Zr/c1-20(2,3)16-9-7-14-11-15-8-10-17(21(4,5)6)13-19(15)18(14)12-16;1-10-7-8-12(9-10)11-5-3-2-4-6-11;1-2-8-6-4-3-5-7-8;/h7-13H,1-6H3;2-6,8-10H,1H3;1,3-7H,2H2;. The molecule has 4 aromatic rings. The fourth-order valence-corrected chi connectivity index (χ4v) is 14.9. The third kappa shape index (κ3) is 5.70. The zero-order valence-corrected chi connectivity index (χ0v) is 28.8. The van der Waals surface area contributed by atoms with E-state index < -0.39 is 21.3 Å². The van der Waals surface area contributed by atoms with Crippen LogP contribution in [0.25, 0.3) is 16.7 Å². The Morgan fingerprint density at radius 2 is 1.19 bits per heavy atom. The predicted octanol–water partition coefficient (Wildman–Crippen LogP) is 10.6. The van der Waals surface area contributed by atoms with Gasteiger partial charge in [0.1, 0.15) is 0 Å². The van der Waals surface area contributed by atoms with Crippen molar-refractivity contribution >= 4 is 9.28 Å². The summed E-state index contributed by atoms with van der Waals surface area (Å²) in [6, 6.07) is 36.9. The molecule has 212 valence electrons. The average Bonchev–Trinajstić information content (AvgIpc) is 3.51. The van der Waals surface area contributed by atoms with Crippen molar-refractivity contribution in [3.05, 3.63) is 146 Å². The molecule has 6 rings (SSSR count). The summed E-state index contributed by atoms with van der Waals surface area (Å²) in [5.74, 6) is 0.469. The molecule has 0 saturated heterocycles. The van der Waals surface area contributed by atoms with E-state index in [1.54, 1.807) is 14.4 Å². The van der Waals surface area contributed by atoms with Gasteiger partial charge in [0.05, 0.1) is 0 Å². The predicted molar refractivity (Wildman–Crippen MR) is 179 cm³/mol. The third-order valence-corrected chi connectivity index (χ3v) is 16.9. The third-order valence-electron chi connectivity index (χ3n) is 9.13. The zero-order valence-electron chi connectivity index (χ0n) is 26.3. The number of benzene rings is 4. The fourth-order valence-electron chi connectivity index (χ4n) is 6.62. The summed E-state index contributed by atoms with van der Waals surface area (Å²) in [5, 5.41) is 0. The molecule has 0 bridgehead atoms. The van der Waals surface area contributed by atoms with Gasteiger partial charge in [-0.25, -0.2) is 0 Å². The van der Waals surface area contributed by atoms with Gasteiger partial charge in [-0.3, -0.25) is 0 Å². The molecule has 0 amide bonds. The maximum atomic E-state index is 2.81. The summed E-state index contributed by atoms with van der Waals surface area (Å²) in [6.45, 7) is 16.5. The summed E-state index contributed by atoms with van der Waals surface area (Å²) in [5.41, 5.74) is 13.3. The summed E-state index contributed by atoms with van der Waals surface area (Å²) >= 11 is -2.43. The van der Waals surface area contributed by atoms with E-state index in [2.05, 4.69) is 161 Å². The number of allylic oxidation sites excluding steroid dienone is 4. The van der Waals surface area contributed by atoms with Crippen molar-refractivity contribution in [1.82, 2.24) is 0 Å². The number of hydrogen-bond acceptors (Lipinski definition) is 0. The Balaban J connectivity index is 1.55. The van der Waals surface area contributed by atoms with Gasteiger partial charge in [-0.15, -0.1) is 0 Å². The van der Waals surface area contributed by atoms with Crippen LogP contribution in [0.5, 0.6) is 0 Å². The first-order valence-electron chi connectivity index (χ1n) is 15.5. The first-order chi connectivity index (χ1) is 20.0. The van der Waals surface area contributed by atoms with Crippen molar-refractivity contribution in [2.75, 3.05) is 0 Å². The Hall–Kier alpha value is -2.89. The fraction of sp³-hybridized carbons (Fsp3) is 0.293. The molecule has 1 heteroatoms. The molecule has 0 saturated carbocycles. The Morgan fingerprint density at radius 3 is 1.71 bits per heavy atom. The summed E-state index contributed by atoms with van der Waals surface area (Å²) < 4.78 is 5.01. The maximum absolute atomic E-state index is 2.81. The van der Waals surface area contributed by atoms with E-state index >= 15 is 0 Å². The molecule has 0 radical (unpaired) electrons. The van der Waals surface area contributed by atoms with Crippen LogP contribution in [0.4, 0.5) is 0 Å². The Labute approximate surface area is 261 Å². The van der Waals surface area contributed by atoms with Gasteiger partial charge in [-0.2, -0.15) is 0 Å². The first-order valence-corrected chi connectivity index (χ1v) is 19.6. The summed E-state index contributed by atoms with van der Waals surface area (Å²) in [6.07, 6.45) is 6.15. The van der Waals surface area contributed by atoms with Gasteiger partial charge in [0.2, 0.25) is 0 Å². The van der Waals surface area contributed by atoms with Crippen LogP contribution >= 0.6 is 0 Å². The van der Waals surface area contributed by atoms with Crippen molar-refractivity contribution in [2.45, 2.75) is 69.3 Å². The first kappa shape index (κ1) is 29.2. The van der Waals surface area contributed by atoms with Gasteiger partial charge in [-0.1, -0.05) is 0 Å². The van der Waals surface area contributed by atoms with Crippen LogP contribution in [0.3, 0.4) is 0 Å². The van der Waals surface area contributed by atoms with Crippen molar-refractivity contribution in [1.29, 1.82) is 0 Å². The van der Waals surface area contributed by atoms with E-state index in [1.807, 2.05) is 0 Å². The molecule has 0 spiro atoms. The topological polar surface area (TPSA) is 0 Å². The second-order valence-corrected chi connectivity index (χ2v) is 20.3. The van der Waals surface area contributed by atoms with Crippen molar-refractivity contribution in [3.63, 3.8) is 0 Å². The van der Waals surface area contributed by atoms with Crippen LogP contribution < -0.4 is 0 Å². The molecule has 42 heavy (non-hydrogen) atoms. The molecule has 1 unspecified atom stereocenters. The van der Waals surface area contributed by atoms with Gasteiger partial charge >= 0.3 is 263 Å². The van der Waals surface area contributed by atoms with Crippen LogP contribution in [0, 0.1) is 5.92 Å². The van der Waals surface area contributed by atoms with Crippen LogP contribution in [0.1, 0.15) is 85.5 Å². The minimum absolute atomic E-state index is 0.118.